The second-order valence-electron chi connectivity index (χ2n) is 6.09. The normalized spacial score (nSPS) is 17.0. The van der Waals surface area contributed by atoms with Crippen LogP contribution in [0.4, 0.5) is 0 Å². The summed E-state index contributed by atoms with van der Waals surface area (Å²) >= 11 is -1.94. The van der Waals surface area contributed by atoms with Crippen LogP contribution in [0.25, 0.3) is 0 Å². The van der Waals surface area contributed by atoms with Gasteiger partial charge in [-0.1, -0.05) is 0 Å². The molecule has 14 heavy (non-hydrogen) atoms. The summed E-state index contributed by atoms with van der Waals surface area (Å²) in [4.78, 5) is 7.41. The number of hydrogen-bond donors (Lipinski definition) is 0. The molecule has 0 radical (unpaired) electrons. The first-order chi connectivity index (χ1) is 6.08. The Balaban J connectivity index is 5.03. The molecule has 0 fully saturated rings. The Kier molecular flexibility index (Phi) is 5.43. The first kappa shape index (κ1) is 14.7. The molecule has 0 bridgehead atoms. The zero-order chi connectivity index (χ0) is 11.6. The molecule has 0 aliphatic rings. The monoisotopic (exact) mass is 322 g/mol. The van der Waals surface area contributed by atoms with Gasteiger partial charge < -0.3 is 0 Å². The van der Waals surface area contributed by atoms with Crippen molar-refractivity contribution in [1.29, 1.82) is 0 Å². The molecule has 0 aliphatic heterocycles. The third-order valence-corrected chi connectivity index (χ3v) is 10.8. The topological polar surface area (TPSA) is 9.23 Å². The van der Waals surface area contributed by atoms with E-state index in [4.69, 9.17) is 4.74 Å². The minimum atomic E-state index is -1.94. The van der Waals surface area contributed by atoms with Crippen molar-refractivity contribution in [3.05, 3.63) is 9.29 Å². The molecule has 0 aromatic rings. The molecule has 0 aromatic heterocycles. The first-order valence-corrected chi connectivity index (χ1v) is 18.9. The molecule has 1 atom stereocenters. The molecular weight excluding hydrogens is 295 g/mol. The van der Waals surface area contributed by atoms with Gasteiger partial charge in [0.05, 0.1) is 0 Å². The molecular formula is C11H26OSiSn. The molecule has 0 saturated heterocycles. The van der Waals surface area contributed by atoms with E-state index in [2.05, 4.69) is 47.1 Å². The third kappa shape index (κ3) is 5.56. The molecule has 0 saturated carbocycles. The summed E-state index contributed by atoms with van der Waals surface area (Å²) in [5.74, 6) is 0. The molecule has 0 heterocycles. The molecule has 3 heteroatoms. The summed E-state index contributed by atoms with van der Waals surface area (Å²) in [6.07, 6.45) is 0.331. The summed E-state index contributed by atoms with van der Waals surface area (Å²) in [5.41, 5.74) is 2.57. The Labute approximate surface area is 94.8 Å². The van der Waals surface area contributed by atoms with Crippen LogP contribution in [-0.2, 0) is 4.74 Å². The molecule has 84 valence electrons. The Morgan fingerprint density at radius 1 is 1.21 bits per heavy atom. The van der Waals surface area contributed by atoms with E-state index in [1.165, 1.54) is 0 Å². The van der Waals surface area contributed by atoms with Crippen molar-refractivity contribution < 1.29 is 4.74 Å². The summed E-state index contributed by atoms with van der Waals surface area (Å²) in [6.45, 7) is 9.38. The molecule has 0 spiro atoms. The van der Waals surface area contributed by atoms with Gasteiger partial charge in [-0.3, -0.25) is 0 Å². The number of methoxy groups -OCH3 is 1. The van der Waals surface area contributed by atoms with E-state index in [0.29, 0.717) is 6.10 Å². The van der Waals surface area contributed by atoms with Crippen LogP contribution in [0.15, 0.2) is 9.29 Å². The van der Waals surface area contributed by atoms with Gasteiger partial charge in [-0.2, -0.15) is 0 Å². The Hall–Kier alpha value is 0.716. The maximum atomic E-state index is 5.49. The van der Waals surface area contributed by atoms with Gasteiger partial charge in [0.2, 0.25) is 0 Å². The molecule has 1 unspecified atom stereocenters. The van der Waals surface area contributed by atoms with E-state index in [0.717, 1.165) is 0 Å². The maximum absolute atomic E-state index is 5.49. The van der Waals surface area contributed by atoms with Gasteiger partial charge in [0.1, 0.15) is 0 Å². The van der Waals surface area contributed by atoms with Crippen molar-refractivity contribution >= 4 is 26.5 Å². The van der Waals surface area contributed by atoms with Gasteiger partial charge in [0.25, 0.3) is 0 Å². The first-order valence-electron chi connectivity index (χ1n) is 5.34. The third-order valence-electron chi connectivity index (χ3n) is 2.25. The van der Waals surface area contributed by atoms with E-state index in [1.807, 2.05) is 7.11 Å². The zero-order valence-electron chi connectivity index (χ0n) is 11.1. The van der Waals surface area contributed by atoms with Crippen LogP contribution in [0, 0.1) is 0 Å². The van der Waals surface area contributed by atoms with Gasteiger partial charge >= 0.3 is 95.1 Å². The molecule has 0 amide bonds. The van der Waals surface area contributed by atoms with Gasteiger partial charge in [0.15, 0.2) is 0 Å². The van der Waals surface area contributed by atoms with Crippen molar-refractivity contribution in [1.82, 2.24) is 0 Å². The summed E-state index contributed by atoms with van der Waals surface area (Å²) < 4.78 is 7.14. The van der Waals surface area contributed by atoms with E-state index >= 15 is 0 Å². The van der Waals surface area contributed by atoms with Crippen LogP contribution in [0.1, 0.15) is 6.92 Å². The molecule has 0 aromatic carbocycles. The number of rotatable bonds is 4. The van der Waals surface area contributed by atoms with Gasteiger partial charge in [-0.15, -0.1) is 0 Å². The predicted molar refractivity (Wildman–Crippen MR) is 71.2 cm³/mol. The van der Waals surface area contributed by atoms with Crippen LogP contribution in [0.2, 0.25) is 34.5 Å². The standard InChI is InChI=1S/C8H17OSi.3CH3.Sn/c1-8(9-2)6-7-10(3,4)5;;;;/h7-8H,1-5H3;3*1H3;. The molecule has 0 rings (SSSR count). The molecule has 1 nitrogen and oxygen atoms in total. The average Bonchev–Trinajstić information content (AvgIpc) is 1.95. The fourth-order valence-corrected chi connectivity index (χ4v) is 14.4. The average molecular weight is 321 g/mol. The van der Waals surface area contributed by atoms with Gasteiger partial charge in [-0.05, 0) is 0 Å². The fraction of sp³-hybridized carbons (Fsp3) is 0.818. The van der Waals surface area contributed by atoms with E-state index in [9.17, 15) is 0 Å². The van der Waals surface area contributed by atoms with Crippen molar-refractivity contribution in [2.45, 2.75) is 47.5 Å². The zero-order valence-corrected chi connectivity index (χ0v) is 14.9. The van der Waals surface area contributed by atoms with Crippen molar-refractivity contribution in [3.63, 3.8) is 0 Å². The summed E-state index contributed by atoms with van der Waals surface area (Å²) in [6, 6.07) is 0. The van der Waals surface area contributed by atoms with Gasteiger partial charge in [-0.25, -0.2) is 0 Å². The summed E-state index contributed by atoms with van der Waals surface area (Å²) in [5, 5.41) is 0. The predicted octanol–water partition coefficient (Wildman–Crippen LogP) is 3.70. The fourth-order valence-electron chi connectivity index (χ4n) is 1.54. The SMILES string of the molecule is COC(C)/[C](=C/[Si](C)(C)C)[Sn]([CH3])([CH3])[CH3]. The second-order valence-corrected chi connectivity index (χ2v) is 25.6. The van der Waals surface area contributed by atoms with Crippen molar-refractivity contribution in [3.8, 4) is 0 Å². The second kappa shape index (κ2) is 5.17. The van der Waals surface area contributed by atoms with E-state index < -0.39 is 26.5 Å². The number of hydrogen-bond acceptors (Lipinski definition) is 1. The Bertz CT molecular complexity index is 210. The summed E-state index contributed by atoms with van der Waals surface area (Å²) in [7, 11) is 0.721. The Morgan fingerprint density at radius 2 is 1.64 bits per heavy atom. The van der Waals surface area contributed by atoms with E-state index in [1.54, 1.807) is 3.59 Å². The Morgan fingerprint density at radius 3 is 1.86 bits per heavy atom. The quantitative estimate of drug-likeness (QED) is 0.718. The number of ether oxygens (including phenoxy) is 1. The minimum absolute atomic E-state index is 0.331. The van der Waals surface area contributed by atoms with Crippen LogP contribution in [0.3, 0.4) is 0 Å². The van der Waals surface area contributed by atoms with Crippen molar-refractivity contribution in [2.75, 3.05) is 7.11 Å². The van der Waals surface area contributed by atoms with Crippen molar-refractivity contribution in [2.24, 2.45) is 0 Å². The van der Waals surface area contributed by atoms with Crippen LogP contribution < -0.4 is 0 Å². The van der Waals surface area contributed by atoms with E-state index in [-0.39, 0.29) is 0 Å². The molecule has 0 aliphatic carbocycles. The van der Waals surface area contributed by atoms with Crippen LogP contribution >= 0.6 is 0 Å². The van der Waals surface area contributed by atoms with Gasteiger partial charge in [0, 0.05) is 0 Å². The van der Waals surface area contributed by atoms with Crippen LogP contribution in [-0.4, -0.2) is 39.7 Å². The molecule has 0 N–H and O–H groups in total. The van der Waals surface area contributed by atoms with Crippen LogP contribution in [0.5, 0.6) is 0 Å².